The van der Waals surface area contributed by atoms with Crippen molar-refractivity contribution in [3.8, 4) is 17.2 Å². The van der Waals surface area contributed by atoms with Crippen molar-refractivity contribution < 1.29 is 14.2 Å². The molecule has 1 saturated heterocycles. The Labute approximate surface area is 162 Å². The molecule has 0 amide bonds. The van der Waals surface area contributed by atoms with Gasteiger partial charge in [0.05, 0.1) is 27.0 Å². The van der Waals surface area contributed by atoms with Crippen LogP contribution < -0.4 is 24.0 Å². The molecular formula is C20H23N3O3S. The molecule has 2 heterocycles. The average molecular weight is 385 g/mol. The largest absolute Gasteiger partial charge is 0.495 e. The van der Waals surface area contributed by atoms with Crippen LogP contribution in [0.15, 0.2) is 36.4 Å². The van der Waals surface area contributed by atoms with Crippen LogP contribution in [-0.4, -0.2) is 52.5 Å². The maximum Gasteiger partial charge on any atom is 0.186 e. The third-order valence-corrected chi connectivity index (χ3v) is 6.01. The number of methoxy groups -OCH3 is 3. The Bertz CT molecular complexity index is 894. The molecule has 0 atom stereocenters. The minimum Gasteiger partial charge on any atom is -0.495 e. The van der Waals surface area contributed by atoms with Crippen LogP contribution in [0.4, 0.5) is 10.8 Å². The van der Waals surface area contributed by atoms with Gasteiger partial charge in [-0.1, -0.05) is 23.5 Å². The lowest BCUT2D eigenvalue weighted by Crippen LogP contribution is -2.46. The zero-order valence-electron chi connectivity index (χ0n) is 15.8. The van der Waals surface area contributed by atoms with Gasteiger partial charge in [-0.2, -0.15) is 0 Å². The van der Waals surface area contributed by atoms with E-state index >= 15 is 0 Å². The smallest absolute Gasteiger partial charge is 0.186 e. The highest BCUT2D eigenvalue weighted by Gasteiger charge is 2.23. The Kier molecular flexibility index (Phi) is 4.94. The van der Waals surface area contributed by atoms with Gasteiger partial charge in [0.2, 0.25) is 0 Å². The van der Waals surface area contributed by atoms with Gasteiger partial charge in [0.15, 0.2) is 5.13 Å². The zero-order chi connectivity index (χ0) is 18.8. The SMILES string of the molecule is COc1ccccc1N1CCN(c2nc3c(OC)ccc(OC)c3s2)CC1. The fourth-order valence-corrected chi connectivity index (χ4v) is 4.57. The van der Waals surface area contributed by atoms with Crippen LogP contribution in [0.2, 0.25) is 0 Å². The molecule has 0 N–H and O–H groups in total. The molecule has 0 unspecified atom stereocenters. The molecule has 1 aliphatic heterocycles. The van der Waals surface area contributed by atoms with E-state index in [0.29, 0.717) is 0 Å². The summed E-state index contributed by atoms with van der Waals surface area (Å²) in [6.07, 6.45) is 0. The number of fused-ring (bicyclic) bond motifs is 1. The lowest BCUT2D eigenvalue weighted by atomic mass is 10.2. The Hall–Kier alpha value is -2.67. The van der Waals surface area contributed by atoms with E-state index in [1.54, 1.807) is 32.7 Å². The van der Waals surface area contributed by atoms with Crippen LogP contribution in [0.5, 0.6) is 17.2 Å². The second kappa shape index (κ2) is 7.52. The Morgan fingerprint density at radius 2 is 1.41 bits per heavy atom. The van der Waals surface area contributed by atoms with Gasteiger partial charge >= 0.3 is 0 Å². The first kappa shape index (κ1) is 17.7. The van der Waals surface area contributed by atoms with Gasteiger partial charge in [-0.05, 0) is 24.3 Å². The van der Waals surface area contributed by atoms with E-state index in [0.717, 1.165) is 64.5 Å². The van der Waals surface area contributed by atoms with Crippen molar-refractivity contribution in [2.24, 2.45) is 0 Å². The van der Waals surface area contributed by atoms with Gasteiger partial charge in [0, 0.05) is 26.2 Å². The third kappa shape index (κ3) is 3.23. The van der Waals surface area contributed by atoms with Gasteiger partial charge in [0.1, 0.15) is 27.5 Å². The summed E-state index contributed by atoms with van der Waals surface area (Å²) in [5.74, 6) is 2.53. The van der Waals surface area contributed by atoms with Crippen LogP contribution >= 0.6 is 11.3 Å². The lowest BCUT2D eigenvalue weighted by Gasteiger charge is -2.36. The molecule has 4 rings (SSSR count). The van der Waals surface area contributed by atoms with Crippen LogP contribution in [0.3, 0.4) is 0 Å². The van der Waals surface area contributed by atoms with Crippen LogP contribution in [0, 0.1) is 0 Å². The average Bonchev–Trinajstić information content (AvgIpc) is 3.18. The molecular weight excluding hydrogens is 362 g/mol. The van der Waals surface area contributed by atoms with E-state index in [2.05, 4.69) is 21.9 Å². The molecule has 0 aliphatic carbocycles. The molecule has 0 radical (unpaired) electrons. The lowest BCUT2D eigenvalue weighted by molar-refractivity contribution is 0.410. The molecule has 0 bridgehead atoms. The quantitative estimate of drug-likeness (QED) is 0.668. The summed E-state index contributed by atoms with van der Waals surface area (Å²) < 4.78 is 17.5. The minimum absolute atomic E-state index is 0.779. The van der Waals surface area contributed by atoms with Gasteiger partial charge in [-0.25, -0.2) is 4.98 Å². The maximum atomic E-state index is 5.51. The van der Waals surface area contributed by atoms with Crippen LogP contribution in [-0.2, 0) is 0 Å². The fourth-order valence-electron chi connectivity index (χ4n) is 3.44. The summed E-state index contributed by atoms with van der Waals surface area (Å²) in [7, 11) is 5.08. The molecule has 142 valence electrons. The van der Waals surface area contributed by atoms with E-state index in [9.17, 15) is 0 Å². The second-order valence-electron chi connectivity index (χ2n) is 6.29. The molecule has 0 saturated carbocycles. The summed E-state index contributed by atoms with van der Waals surface area (Å²) in [4.78, 5) is 9.54. The molecule has 1 aliphatic rings. The molecule has 1 aromatic heterocycles. The molecule has 3 aromatic rings. The van der Waals surface area contributed by atoms with Crippen molar-refractivity contribution in [1.82, 2.24) is 4.98 Å². The van der Waals surface area contributed by atoms with Crippen molar-refractivity contribution in [3.05, 3.63) is 36.4 Å². The number of hydrogen-bond donors (Lipinski definition) is 0. The number of nitrogens with zero attached hydrogens (tertiary/aromatic N) is 3. The normalized spacial score (nSPS) is 14.5. The summed E-state index contributed by atoms with van der Waals surface area (Å²) >= 11 is 1.66. The standard InChI is InChI=1S/C20H23N3O3S/c1-24-15-7-5-4-6-14(15)22-10-12-23(13-11-22)20-21-18-16(25-2)8-9-17(26-3)19(18)27-20/h4-9H,10-13H2,1-3H3. The molecule has 6 nitrogen and oxygen atoms in total. The summed E-state index contributed by atoms with van der Waals surface area (Å²) in [5, 5.41) is 1.01. The number of rotatable bonds is 5. The van der Waals surface area contributed by atoms with Gasteiger partial charge in [-0.3, -0.25) is 0 Å². The number of thiazole rings is 1. The highest BCUT2D eigenvalue weighted by atomic mass is 32.1. The molecule has 1 fully saturated rings. The number of piperazine rings is 1. The van der Waals surface area contributed by atoms with E-state index in [-0.39, 0.29) is 0 Å². The molecule has 2 aromatic carbocycles. The predicted molar refractivity (Wildman–Crippen MR) is 110 cm³/mol. The van der Waals surface area contributed by atoms with E-state index < -0.39 is 0 Å². The third-order valence-electron chi connectivity index (χ3n) is 4.88. The monoisotopic (exact) mass is 385 g/mol. The number of benzene rings is 2. The Morgan fingerprint density at radius 1 is 0.778 bits per heavy atom. The Morgan fingerprint density at radius 3 is 2.11 bits per heavy atom. The number of anilines is 2. The minimum atomic E-state index is 0.779. The summed E-state index contributed by atoms with van der Waals surface area (Å²) in [6, 6.07) is 12.0. The number of aromatic nitrogens is 1. The number of hydrogen-bond acceptors (Lipinski definition) is 7. The van der Waals surface area contributed by atoms with E-state index in [1.165, 1.54) is 0 Å². The van der Waals surface area contributed by atoms with Gasteiger partial charge in [0.25, 0.3) is 0 Å². The van der Waals surface area contributed by atoms with Crippen molar-refractivity contribution in [2.45, 2.75) is 0 Å². The predicted octanol–water partition coefficient (Wildman–Crippen LogP) is 3.65. The van der Waals surface area contributed by atoms with Crippen LogP contribution in [0.25, 0.3) is 10.2 Å². The molecule has 0 spiro atoms. The highest BCUT2D eigenvalue weighted by molar-refractivity contribution is 7.22. The Balaban J connectivity index is 1.56. The summed E-state index contributed by atoms with van der Waals surface area (Å²) in [6.45, 7) is 3.65. The maximum absolute atomic E-state index is 5.51. The van der Waals surface area contributed by atoms with Gasteiger partial charge < -0.3 is 24.0 Å². The van der Waals surface area contributed by atoms with E-state index in [4.69, 9.17) is 19.2 Å². The van der Waals surface area contributed by atoms with Crippen molar-refractivity contribution in [3.63, 3.8) is 0 Å². The second-order valence-corrected chi connectivity index (χ2v) is 7.27. The number of para-hydroxylation sites is 2. The fraction of sp³-hybridized carbons (Fsp3) is 0.350. The van der Waals surface area contributed by atoms with Gasteiger partial charge in [-0.15, -0.1) is 0 Å². The molecule has 7 heteroatoms. The van der Waals surface area contributed by atoms with Crippen molar-refractivity contribution in [1.29, 1.82) is 0 Å². The first-order chi connectivity index (χ1) is 13.2. The van der Waals surface area contributed by atoms with Crippen LogP contribution in [0.1, 0.15) is 0 Å². The summed E-state index contributed by atoms with van der Waals surface area (Å²) in [5.41, 5.74) is 2.01. The molecule has 27 heavy (non-hydrogen) atoms. The van der Waals surface area contributed by atoms with Crippen molar-refractivity contribution in [2.75, 3.05) is 57.3 Å². The van der Waals surface area contributed by atoms with Crippen molar-refractivity contribution >= 4 is 32.4 Å². The highest BCUT2D eigenvalue weighted by Crippen LogP contribution is 2.40. The number of ether oxygens (including phenoxy) is 3. The first-order valence-electron chi connectivity index (χ1n) is 8.89. The van der Waals surface area contributed by atoms with E-state index in [1.807, 2.05) is 24.3 Å². The zero-order valence-corrected chi connectivity index (χ0v) is 16.6. The topological polar surface area (TPSA) is 47.1 Å². The first-order valence-corrected chi connectivity index (χ1v) is 9.71.